The van der Waals surface area contributed by atoms with E-state index in [1.165, 1.54) is 79.2 Å². The summed E-state index contributed by atoms with van der Waals surface area (Å²) in [5, 5.41) is 5.60. The summed E-state index contributed by atoms with van der Waals surface area (Å²) >= 11 is 9.81. The Balaban J connectivity index is 3.70. The van der Waals surface area contributed by atoms with Crippen molar-refractivity contribution in [3.05, 3.63) is 0 Å². The third-order valence-electron chi connectivity index (χ3n) is 4.19. The molecule has 0 rings (SSSR count). The van der Waals surface area contributed by atoms with Crippen molar-refractivity contribution in [1.29, 1.82) is 0 Å². The zero-order valence-corrected chi connectivity index (χ0v) is 20.0. The summed E-state index contributed by atoms with van der Waals surface area (Å²) in [4.78, 5) is 0. The molecule has 0 spiro atoms. The molecular formula is C17H37BrS3Si. The van der Waals surface area contributed by atoms with Crippen LogP contribution >= 0.6 is 51.2 Å². The minimum Gasteiger partial charge on any atom is -0.168 e. The molecule has 0 unspecified atom stereocenters. The maximum absolute atomic E-state index is 3.51. The van der Waals surface area contributed by atoms with E-state index < -0.39 is 8.07 Å². The van der Waals surface area contributed by atoms with Gasteiger partial charge in [-0.25, -0.2) is 0 Å². The van der Waals surface area contributed by atoms with Crippen LogP contribution in [-0.4, -0.2) is 48.3 Å². The Morgan fingerprint density at radius 2 is 0.955 bits per heavy atom. The summed E-state index contributed by atoms with van der Waals surface area (Å²) in [7, 11) is -1.00. The smallest absolute Gasteiger partial charge is 0.0836 e. The zero-order valence-electron chi connectivity index (χ0n) is 15.0. The first kappa shape index (κ1) is 23.7. The van der Waals surface area contributed by atoms with Crippen LogP contribution in [0.4, 0.5) is 0 Å². The molecule has 0 saturated carbocycles. The van der Waals surface area contributed by atoms with E-state index in [4.69, 9.17) is 0 Å². The number of hydrogen-bond donors (Lipinski definition) is 0. The summed E-state index contributed by atoms with van der Waals surface area (Å²) in [6, 6.07) is 1.57. The highest BCUT2D eigenvalue weighted by Crippen LogP contribution is 2.26. The van der Waals surface area contributed by atoms with Crippen LogP contribution in [0.5, 0.6) is 0 Å². The van der Waals surface area contributed by atoms with Crippen LogP contribution in [0.15, 0.2) is 0 Å². The molecule has 0 aliphatic carbocycles. The monoisotopic (exact) mass is 444 g/mol. The lowest BCUT2D eigenvalue weighted by Gasteiger charge is -2.30. The van der Waals surface area contributed by atoms with Crippen LogP contribution in [0, 0.1) is 0 Å². The molecule has 0 radical (unpaired) electrons. The van der Waals surface area contributed by atoms with Gasteiger partial charge in [-0.2, -0.15) is 35.3 Å². The lowest BCUT2D eigenvalue weighted by Crippen LogP contribution is -2.44. The van der Waals surface area contributed by atoms with Gasteiger partial charge in [0.25, 0.3) is 0 Å². The fraction of sp³-hybridized carbons (Fsp3) is 1.00. The van der Waals surface area contributed by atoms with Crippen LogP contribution in [0.3, 0.4) is 0 Å². The average molecular weight is 446 g/mol. The first-order valence-corrected chi connectivity index (χ1v) is 16.9. The largest absolute Gasteiger partial charge is 0.168 e. The molecule has 0 amide bonds. The van der Waals surface area contributed by atoms with Crippen molar-refractivity contribution in [2.75, 3.05) is 40.2 Å². The van der Waals surface area contributed by atoms with Crippen molar-refractivity contribution in [2.45, 2.75) is 63.8 Å². The first-order valence-electron chi connectivity index (χ1n) is 8.77. The van der Waals surface area contributed by atoms with Gasteiger partial charge in [0.05, 0.1) is 8.07 Å². The summed E-state index contributed by atoms with van der Waals surface area (Å²) in [6.45, 7) is 0. The van der Waals surface area contributed by atoms with E-state index in [1.807, 2.05) is 0 Å². The highest BCUT2D eigenvalue weighted by Gasteiger charge is 2.30. The second kappa shape index (κ2) is 17.6. The SMILES string of the molecule is CSC[Si](CCCCCCCCCCCBr)(CSC)CSC. The fourth-order valence-electron chi connectivity index (χ4n) is 3.09. The molecule has 0 aromatic carbocycles. The summed E-state index contributed by atoms with van der Waals surface area (Å²) in [5.74, 6) is 0. The molecule has 0 N–H and O–H groups in total. The van der Waals surface area contributed by atoms with Crippen molar-refractivity contribution in [2.24, 2.45) is 0 Å². The molecule has 0 bridgehead atoms. The highest BCUT2D eigenvalue weighted by atomic mass is 79.9. The Morgan fingerprint density at radius 1 is 0.591 bits per heavy atom. The molecule has 0 fully saturated rings. The van der Waals surface area contributed by atoms with Crippen molar-refractivity contribution in [3.8, 4) is 0 Å². The minimum atomic E-state index is -1.00. The van der Waals surface area contributed by atoms with Crippen molar-refractivity contribution in [3.63, 3.8) is 0 Å². The predicted molar refractivity (Wildman–Crippen MR) is 121 cm³/mol. The molecular weight excluding hydrogens is 408 g/mol. The van der Waals surface area contributed by atoms with Gasteiger partial charge in [-0.15, -0.1) is 0 Å². The summed E-state index contributed by atoms with van der Waals surface area (Å²) < 4.78 is 0. The molecule has 0 atom stereocenters. The molecule has 134 valence electrons. The zero-order chi connectivity index (χ0) is 16.5. The normalized spacial score (nSPS) is 12.0. The van der Waals surface area contributed by atoms with Gasteiger partial charge in [-0.3, -0.25) is 0 Å². The van der Waals surface area contributed by atoms with E-state index in [1.54, 1.807) is 6.04 Å². The lowest BCUT2D eigenvalue weighted by atomic mass is 10.1. The Morgan fingerprint density at radius 3 is 1.32 bits per heavy atom. The highest BCUT2D eigenvalue weighted by molar-refractivity contribution is 9.09. The van der Waals surface area contributed by atoms with Gasteiger partial charge in [-0.1, -0.05) is 73.3 Å². The van der Waals surface area contributed by atoms with Crippen LogP contribution < -0.4 is 0 Å². The van der Waals surface area contributed by atoms with Gasteiger partial charge >= 0.3 is 0 Å². The van der Waals surface area contributed by atoms with E-state index >= 15 is 0 Å². The Hall–Kier alpha value is 1.75. The van der Waals surface area contributed by atoms with E-state index in [-0.39, 0.29) is 0 Å². The molecule has 0 aromatic heterocycles. The number of unbranched alkanes of at least 4 members (excludes halogenated alkanes) is 8. The quantitative estimate of drug-likeness (QED) is 0.134. The van der Waals surface area contributed by atoms with Crippen LogP contribution in [-0.2, 0) is 0 Å². The number of rotatable bonds is 17. The Bertz CT molecular complexity index is 213. The van der Waals surface area contributed by atoms with Gasteiger partial charge < -0.3 is 0 Å². The topological polar surface area (TPSA) is 0 Å². The molecule has 5 heteroatoms. The first-order chi connectivity index (χ1) is 10.7. The third kappa shape index (κ3) is 13.1. The molecule has 0 heterocycles. The van der Waals surface area contributed by atoms with Gasteiger partial charge in [0.15, 0.2) is 0 Å². The number of thioether (sulfide) groups is 3. The van der Waals surface area contributed by atoms with E-state index in [9.17, 15) is 0 Å². The van der Waals surface area contributed by atoms with E-state index in [2.05, 4.69) is 70.0 Å². The van der Waals surface area contributed by atoms with Crippen molar-refractivity contribution >= 4 is 59.3 Å². The maximum Gasteiger partial charge on any atom is 0.0836 e. The molecule has 0 saturated heterocycles. The number of halogens is 1. The van der Waals surface area contributed by atoms with Crippen molar-refractivity contribution in [1.82, 2.24) is 0 Å². The lowest BCUT2D eigenvalue weighted by molar-refractivity contribution is 0.572. The van der Waals surface area contributed by atoms with E-state index in [0.29, 0.717) is 0 Å². The standard InChI is InChI=1S/C17H37BrS3Si/c1-19-15-22(16-20-2,17-21-3)14-12-10-8-6-4-5-7-9-11-13-18/h4-17H2,1-3H3. The van der Waals surface area contributed by atoms with E-state index in [0.717, 1.165) is 0 Å². The van der Waals surface area contributed by atoms with Crippen LogP contribution in [0.25, 0.3) is 0 Å². The Labute approximate surface area is 162 Å². The van der Waals surface area contributed by atoms with Gasteiger partial charge in [0.2, 0.25) is 0 Å². The summed E-state index contributed by atoms with van der Waals surface area (Å²) in [6.07, 6.45) is 20.0. The average Bonchev–Trinajstić information content (AvgIpc) is 2.50. The van der Waals surface area contributed by atoms with Gasteiger partial charge in [0, 0.05) is 5.33 Å². The molecule has 0 aliphatic rings. The third-order valence-corrected chi connectivity index (χ3v) is 17.0. The molecule has 0 aliphatic heterocycles. The number of alkyl halides is 1. The van der Waals surface area contributed by atoms with Crippen LogP contribution in [0.2, 0.25) is 6.04 Å². The summed E-state index contributed by atoms with van der Waals surface area (Å²) in [5.41, 5.74) is 0. The van der Waals surface area contributed by atoms with Crippen LogP contribution in [0.1, 0.15) is 57.8 Å². The fourth-order valence-corrected chi connectivity index (χ4v) is 16.8. The van der Waals surface area contributed by atoms with Gasteiger partial charge in [-0.05, 0) is 41.3 Å². The second-order valence-electron chi connectivity index (χ2n) is 6.42. The van der Waals surface area contributed by atoms with Crippen molar-refractivity contribution < 1.29 is 0 Å². The minimum absolute atomic E-state index is 1.00. The second-order valence-corrected chi connectivity index (χ2v) is 15.9. The molecule has 0 nitrogen and oxygen atoms in total. The molecule has 22 heavy (non-hydrogen) atoms. The predicted octanol–water partition coefficient (Wildman–Crippen LogP) is 7.05. The maximum atomic E-state index is 3.51. The number of hydrogen-bond acceptors (Lipinski definition) is 3. The Kier molecular flexibility index (Phi) is 19.0. The van der Waals surface area contributed by atoms with Gasteiger partial charge in [0.1, 0.15) is 0 Å². The molecule has 0 aromatic rings.